The highest BCUT2D eigenvalue weighted by Crippen LogP contribution is 2.29. The molecule has 1 aliphatic heterocycles. The van der Waals surface area contributed by atoms with Gasteiger partial charge in [-0.05, 0) is 48.7 Å². The summed E-state index contributed by atoms with van der Waals surface area (Å²) in [6.07, 6.45) is 1.78. The molecular weight excluding hydrogens is 540 g/mol. The van der Waals surface area contributed by atoms with E-state index in [9.17, 15) is 23.2 Å². The van der Waals surface area contributed by atoms with Crippen molar-refractivity contribution >= 4 is 23.7 Å². The molecule has 2 aromatic heterocycles. The van der Waals surface area contributed by atoms with Crippen LogP contribution in [0.5, 0.6) is 0 Å². The number of aryl methyl sites for hydroxylation is 3. The van der Waals surface area contributed by atoms with E-state index in [-0.39, 0.29) is 18.1 Å². The molecule has 0 saturated carbocycles. The van der Waals surface area contributed by atoms with Gasteiger partial charge in [-0.3, -0.25) is 9.59 Å². The third-order valence-corrected chi connectivity index (χ3v) is 6.50. The summed E-state index contributed by atoms with van der Waals surface area (Å²) in [5.41, 5.74) is 3.00. The molecule has 1 saturated heterocycles. The summed E-state index contributed by atoms with van der Waals surface area (Å²) in [4.78, 5) is 44.3. The number of carbonyl (C=O) groups excluding carboxylic acids is 3. The van der Waals surface area contributed by atoms with E-state index >= 15 is 0 Å². The number of ether oxygens (including phenoxy) is 1. The van der Waals surface area contributed by atoms with E-state index in [0.29, 0.717) is 23.2 Å². The van der Waals surface area contributed by atoms with Gasteiger partial charge in [-0.2, -0.15) is 0 Å². The summed E-state index contributed by atoms with van der Waals surface area (Å²) in [5.74, 6) is -4.31. The van der Waals surface area contributed by atoms with Crippen LogP contribution in [0, 0.1) is 13.8 Å². The summed E-state index contributed by atoms with van der Waals surface area (Å²) < 4.78 is 38.2. The SMILES string of the molecule is CCc1nonc1C(=O)N[C@H](C(=O)Nc1cc([C@@H](COC)N2CC(F)(F)CNC2=O)ccn1)c1cc(C)cc(C)c1. The zero-order valence-corrected chi connectivity index (χ0v) is 23.0. The molecule has 0 bridgehead atoms. The summed E-state index contributed by atoms with van der Waals surface area (Å²) in [6, 6.07) is 5.79. The van der Waals surface area contributed by atoms with E-state index in [1.165, 1.54) is 19.4 Å². The van der Waals surface area contributed by atoms with Crippen LogP contribution >= 0.6 is 0 Å². The van der Waals surface area contributed by atoms with E-state index in [0.717, 1.165) is 16.0 Å². The molecule has 4 rings (SSSR count). The van der Waals surface area contributed by atoms with Crippen LogP contribution in [0.3, 0.4) is 0 Å². The highest BCUT2D eigenvalue weighted by Gasteiger charge is 2.42. The van der Waals surface area contributed by atoms with E-state index in [1.54, 1.807) is 25.1 Å². The largest absolute Gasteiger partial charge is 0.382 e. The van der Waals surface area contributed by atoms with Gasteiger partial charge in [0.05, 0.1) is 25.7 Å². The molecule has 2 atom stereocenters. The summed E-state index contributed by atoms with van der Waals surface area (Å²) in [5, 5.41) is 15.0. The van der Waals surface area contributed by atoms with Crippen molar-refractivity contribution in [3.63, 3.8) is 0 Å². The Kier molecular flexibility index (Phi) is 8.91. The number of urea groups is 1. The smallest absolute Gasteiger partial charge is 0.318 e. The normalized spacial score (nSPS) is 16.0. The Morgan fingerprint density at radius 2 is 1.90 bits per heavy atom. The lowest BCUT2D eigenvalue weighted by Crippen LogP contribution is -2.58. The molecule has 12 nitrogen and oxygen atoms in total. The molecule has 1 fully saturated rings. The van der Waals surface area contributed by atoms with Crippen LogP contribution in [-0.4, -0.2) is 70.8 Å². The topological polar surface area (TPSA) is 152 Å². The zero-order valence-electron chi connectivity index (χ0n) is 23.0. The van der Waals surface area contributed by atoms with Crippen LogP contribution in [0.25, 0.3) is 0 Å². The van der Waals surface area contributed by atoms with Gasteiger partial charge < -0.3 is 25.6 Å². The summed E-state index contributed by atoms with van der Waals surface area (Å²) >= 11 is 0. The average Bonchev–Trinajstić information content (AvgIpc) is 3.40. The van der Waals surface area contributed by atoms with Crippen LogP contribution in [0.15, 0.2) is 41.2 Å². The van der Waals surface area contributed by atoms with Gasteiger partial charge in [-0.1, -0.05) is 41.4 Å². The number of alkyl halides is 2. The number of methoxy groups -OCH3 is 1. The van der Waals surface area contributed by atoms with Gasteiger partial charge in [-0.15, -0.1) is 0 Å². The number of anilines is 1. The number of benzene rings is 1. The monoisotopic (exact) mass is 571 g/mol. The first-order chi connectivity index (χ1) is 19.5. The summed E-state index contributed by atoms with van der Waals surface area (Å²) in [6.45, 7) is 3.89. The van der Waals surface area contributed by atoms with Gasteiger partial charge in [0.1, 0.15) is 17.6 Å². The number of halogens is 2. The number of nitrogens with zero attached hydrogens (tertiary/aromatic N) is 4. The fraction of sp³-hybridized carbons (Fsp3) is 0.407. The van der Waals surface area contributed by atoms with Crippen molar-refractivity contribution in [1.82, 2.24) is 30.8 Å². The maximum Gasteiger partial charge on any atom is 0.318 e. The quantitative estimate of drug-likeness (QED) is 0.336. The van der Waals surface area contributed by atoms with Crippen molar-refractivity contribution in [2.24, 2.45) is 0 Å². The minimum atomic E-state index is -3.13. The number of hydrogen-bond acceptors (Lipinski definition) is 8. The maximum atomic E-state index is 14.1. The Labute approximate surface area is 234 Å². The zero-order chi connectivity index (χ0) is 29.7. The molecule has 0 aliphatic carbocycles. The lowest BCUT2D eigenvalue weighted by Gasteiger charge is -2.38. The van der Waals surface area contributed by atoms with Gasteiger partial charge in [-0.25, -0.2) is 23.2 Å². The standard InChI is InChI=1S/C27H31F2N7O5/c1-5-19-23(35-41-34-19)25(38)33-22(18-9-15(2)8-16(3)10-18)24(37)32-21-11-17(6-7-30-21)20(12-40-4)36-14-27(28,29)13-31-26(36)39/h6-11,20,22H,5,12-14H2,1-4H3,(H,31,39)(H,33,38)(H,30,32,37)/t20-,22+/m1/s1. The fourth-order valence-electron chi connectivity index (χ4n) is 4.67. The second-order valence-electron chi connectivity index (χ2n) is 9.82. The van der Waals surface area contributed by atoms with Crippen LogP contribution < -0.4 is 16.0 Å². The fourth-order valence-corrected chi connectivity index (χ4v) is 4.67. The first-order valence-corrected chi connectivity index (χ1v) is 12.9. The molecule has 218 valence electrons. The highest BCUT2D eigenvalue weighted by molar-refractivity contribution is 6.01. The molecule has 3 N–H and O–H groups in total. The van der Waals surface area contributed by atoms with Crippen molar-refractivity contribution < 1.29 is 32.5 Å². The minimum Gasteiger partial charge on any atom is -0.382 e. The minimum absolute atomic E-state index is 0.0335. The van der Waals surface area contributed by atoms with E-state index < -0.39 is 48.9 Å². The molecule has 1 aliphatic rings. The van der Waals surface area contributed by atoms with Crippen molar-refractivity contribution in [3.05, 3.63) is 70.2 Å². The van der Waals surface area contributed by atoms with Crippen LogP contribution in [0.1, 0.15) is 57.4 Å². The Morgan fingerprint density at radius 1 is 1.17 bits per heavy atom. The van der Waals surface area contributed by atoms with E-state index in [1.807, 2.05) is 19.9 Å². The van der Waals surface area contributed by atoms with E-state index in [2.05, 4.69) is 31.2 Å². The number of rotatable bonds is 10. The lowest BCUT2D eigenvalue weighted by molar-refractivity contribution is -0.118. The van der Waals surface area contributed by atoms with Gasteiger partial charge >= 0.3 is 6.03 Å². The predicted molar refractivity (Wildman–Crippen MR) is 142 cm³/mol. The average molecular weight is 572 g/mol. The number of amides is 4. The Bertz CT molecular complexity index is 1410. The number of aromatic nitrogens is 3. The molecule has 0 radical (unpaired) electrons. The maximum absolute atomic E-state index is 14.1. The molecule has 14 heteroatoms. The molecule has 0 spiro atoms. The number of nitrogens with one attached hydrogen (secondary N) is 3. The van der Waals surface area contributed by atoms with Gasteiger partial charge in [0.15, 0.2) is 5.69 Å². The third-order valence-electron chi connectivity index (χ3n) is 6.50. The Hall–Kier alpha value is -4.46. The molecule has 1 aromatic carbocycles. The lowest BCUT2D eigenvalue weighted by atomic mass is 10.00. The first-order valence-electron chi connectivity index (χ1n) is 12.9. The Morgan fingerprint density at radius 3 is 2.59 bits per heavy atom. The van der Waals surface area contributed by atoms with Crippen molar-refractivity contribution in [2.75, 3.05) is 32.1 Å². The first kappa shape index (κ1) is 29.5. The van der Waals surface area contributed by atoms with Crippen molar-refractivity contribution in [2.45, 2.75) is 45.2 Å². The number of pyridine rings is 1. The molecular formula is C27H31F2N7O5. The Balaban J connectivity index is 1.62. The van der Waals surface area contributed by atoms with Crippen molar-refractivity contribution in [1.29, 1.82) is 0 Å². The molecule has 3 aromatic rings. The molecule has 0 unspecified atom stereocenters. The second kappa shape index (κ2) is 12.4. The van der Waals surface area contributed by atoms with Gasteiger partial charge in [0, 0.05) is 13.3 Å². The van der Waals surface area contributed by atoms with Crippen LogP contribution in [0.4, 0.5) is 19.4 Å². The van der Waals surface area contributed by atoms with Gasteiger partial charge in [0.25, 0.3) is 17.7 Å². The van der Waals surface area contributed by atoms with Crippen LogP contribution in [-0.2, 0) is 16.0 Å². The second-order valence-corrected chi connectivity index (χ2v) is 9.82. The molecule has 41 heavy (non-hydrogen) atoms. The highest BCUT2D eigenvalue weighted by atomic mass is 19.3. The third kappa shape index (κ3) is 7.01. The van der Waals surface area contributed by atoms with Crippen LogP contribution in [0.2, 0.25) is 0 Å². The van der Waals surface area contributed by atoms with Gasteiger partial charge in [0.2, 0.25) is 0 Å². The van der Waals surface area contributed by atoms with E-state index in [4.69, 9.17) is 9.37 Å². The summed E-state index contributed by atoms with van der Waals surface area (Å²) in [7, 11) is 1.39. The molecule has 4 amide bonds. The molecule has 3 heterocycles. The predicted octanol–water partition coefficient (Wildman–Crippen LogP) is 3.10. The van der Waals surface area contributed by atoms with Crippen molar-refractivity contribution in [3.8, 4) is 0 Å². The number of hydrogen-bond donors (Lipinski definition) is 3. The number of carbonyl (C=O) groups is 3.